The van der Waals surface area contributed by atoms with E-state index in [1.54, 1.807) is 17.0 Å². The van der Waals surface area contributed by atoms with Crippen LogP contribution in [-0.4, -0.2) is 35.7 Å². The first-order chi connectivity index (χ1) is 8.15. The van der Waals surface area contributed by atoms with Crippen LogP contribution in [0.2, 0.25) is 0 Å². The largest absolute Gasteiger partial charge is 0.478 e. The maximum absolute atomic E-state index is 11.9. The molecule has 1 N–H and O–H groups in total. The number of carbonyl (C=O) groups is 2. The first-order valence-corrected chi connectivity index (χ1v) is 5.45. The predicted molar refractivity (Wildman–Crippen MR) is 59.0 cm³/mol. The number of ether oxygens (including phenoxy) is 1. The number of piperidine rings is 1. The van der Waals surface area contributed by atoms with E-state index >= 15 is 0 Å². The Morgan fingerprint density at radius 3 is 2.53 bits per heavy atom. The van der Waals surface area contributed by atoms with E-state index in [2.05, 4.69) is 0 Å². The molecule has 17 heavy (non-hydrogen) atoms. The number of carboxylic acid groups (broad SMARTS) is 1. The molecule has 3 fully saturated rings. The summed E-state index contributed by atoms with van der Waals surface area (Å²) in [5.41, 5.74) is 0.956. The Balaban J connectivity index is 1.84. The van der Waals surface area contributed by atoms with E-state index in [1.165, 1.54) is 12.1 Å². The quantitative estimate of drug-likeness (QED) is 0.823. The zero-order valence-electron chi connectivity index (χ0n) is 9.00. The number of rotatable bonds is 2. The molecule has 1 aromatic carbocycles. The summed E-state index contributed by atoms with van der Waals surface area (Å²) in [6, 6.07) is 6.33. The fourth-order valence-electron chi connectivity index (χ4n) is 2.22. The highest BCUT2D eigenvalue weighted by molar-refractivity contribution is 5.99. The number of anilines is 1. The Hall–Kier alpha value is -1.88. The van der Waals surface area contributed by atoms with Gasteiger partial charge in [-0.1, -0.05) is 0 Å². The summed E-state index contributed by atoms with van der Waals surface area (Å²) in [7, 11) is 0. The molecule has 1 aromatic rings. The smallest absolute Gasteiger partial charge is 0.335 e. The first kappa shape index (κ1) is 10.3. The second kappa shape index (κ2) is 3.56. The van der Waals surface area contributed by atoms with Crippen LogP contribution >= 0.6 is 0 Å². The van der Waals surface area contributed by atoms with E-state index in [0.717, 1.165) is 12.1 Å². The Bertz CT molecular complexity index is 476. The van der Waals surface area contributed by atoms with Crippen LogP contribution in [0.15, 0.2) is 24.3 Å². The third-order valence-corrected chi connectivity index (χ3v) is 3.19. The average Bonchev–Trinajstić information content (AvgIpc) is 2.28. The minimum absolute atomic E-state index is 0.0319. The van der Waals surface area contributed by atoms with Gasteiger partial charge in [-0.05, 0) is 24.3 Å². The molecule has 3 saturated heterocycles. The summed E-state index contributed by atoms with van der Waals surface area (Å²) in [5.74, 6) is -0.997. The maximum atomic E-state index is 11.9. The molecule has 0 radical (unpaired) electrons. The van der Waals surface area contributed by atoms with Crippen LogP contribution in [-0.2, 0) is 9.53 Å². The number of amides is 1. The second-order valence-corrected chi connectivity index (χ2v) is 4.28. The van der Waals surface area contributed by atoms with Gasteiger partial charge in [0, 0.05) is 12.1 Å². The van der Waals surface area contributed by atoms with Crippen molar-refractivity contribution >= 4 is 17.6 Å². The normalized spacial score (nSPS) is 26.6. The van der Waals surface area contributed by atoms with Crippen molar-refractivity contribution < 1.29 is 19.4 Å². The third-order valence-electron chi connectivity index (χ3n) is 3.19. The van der Waals surface area contributed by atoms with Gasteiger partial charge < -0.3 is 14.7 Å². The lowest BCUT2D eigenvalue weighted by molar-refractivity contribution is -0.169. The second-order valence-electron chi connectivity index (χ2n) is 4.28. The highest BCUT2D eigenvalue weighted by atomic mass is 16.5. The minimum atomic E-state index is -0.965. The lowest BCUT2D eigenvalue weighted by Crippen LogP contribution is -2.61. The zero-order chi connectivity index (χ0) is 12.0. The topological polar surface area (TPSA) is 66.8 Å². The zero-order valence-corrected chi connectivity index (χ0v) is 9.00. The molecule has 3 aliphatic heterocycles. The van der Waals surface area contributed by atoms with E-state index in [0.29, 0.717) is 6.54 Å². The number of carboxylic acids is 1. The van der Waals surface area contributed by atoms with Gasteiger partial charge in [-0.2, -0.15) is 0 Å². The van der Waals surface area contributed by atoms with Crippen LogP contribution in [0, 0.1) is 0 Å². The molecule has 2 atom stereocenters. The van der Waals surface area contributed by atoms with Crippen molar-refractivity contribution in [1.29, 1.82) is 0 Å². The van der Waals surface area contributed by atoms with Crippen LogP contribution < -0.4 is 4.90 Å². The van der Waals surface area contributed by atoms with Gasteiger partial charge in [-0.3, -0.25) is 4.79 Å². The molecule has 0 aromatic heterocycles. The van der Waals surface area contributed by atoms with Crippen LogP contribution in [0.3, 0.4) is 0 Å². The molecule has 88 valence electrons. The number of nitrogens with zero attached hydrogens (tertiary/aromatic N) is 1. The summed E-state index contributed by atoms with van der Waals surface area (Å²) in [6.07, 6.45) is 0.646. The highest BCUT2D eigenvalue weighted by Crippen LogP contribution is 2.32. The molecular weight excluding hydrogens is 222 g/mol. The van der Waals surface area contributed by atoms with Gasteiger partial charge in [0.15, 0.2) is 0 Å². The Labute approximate surface area is 97.6 Å². The fraction of sp³-hybridized carbons (Fsp3) is 0.333. The summed E-state index contributed by atoms with van der Waals surface area (Å²) in [6.45, 7) is 0.557. The number of fused-ring (bicyclic) bond motifs is 2. The molecule has 0 spiro atoms. The lowest BCUT2D eigenvalue weighted by atomic mass is 9.97. The van der Waals surface area contributed by atoms with Crippen molar-refractivity contribution in [3.8, 4) is 0 Å². The summed E-state index contributed by atoms with van der Waals surface area (Å²) >= 11 is 0. The van der Waals surface area contributed by atoms with E-state index in [9.17, 15) is 9.59 Å². The molecule has 3 aliphatic rings. The number of aromatic carboxylic acids is 1. The van der Waals surface area contributed by atoms with Gasteiger partial charge in [-0.15, -0.1) is 0 Å². The van der Waals surface area contributed by atoms with Crippen LogP contribution in [0.1, 0.15) is 16.8 Å². The van der Waals surface area contributed by atoms with Gasteiger partial charge >= 0.3 is 5.97 Å². The number of hydrogen-bond donors (Lipinski definition) is 1. The number of benzene rings is 1. The monoisotopic (exact) mass is 233 g/mol. The number of morpholine rings is 1. The van der Waals surface area contributed by atoms with Gasteiger partial charge in [0.2, 0.25) is 0 Å². The fourth-order valence-corrected chi connectivity index (χ4v) is 2.22. The average molecular weight is 233 g/mol. The molecular formula is C12H11NO4. The van der Waals surface area contributed by atoms with Crippen molar-refractivity contribution in [1.82, 2.24) is 0 Å². The predicted octanol–water partition coefficient (Wildman–Crippen LogP) is 0.889. The van der Waals surface area contributed by atoms with Gasteiger partial charge in [0.25, 0.3) is 5.91 Å². The third kappa shape index (κ3) is 1.59. The molecule has 5 heteroatoms. The number of carbonyl (C=O) groups excluding carboxylic acids is 1. The van der Waals surface area contributed by atoms with Gasteiger partial charge in [0.1, 0.15) is 6.10 Å². The molecule has 2 unspecified atom stereocenters. The van der Waals surface area contributed by atoms with Crippen molar-refractivity contribution in [3.63, 3.8) is 0 Å². The van der Waals surface area contributed by atoms with Crippen molar-refractivity contribution in [2.24, 2.45) is 0 Å². The van der Waals surface area contributed by atoms with Crippen LogP contribution in [0.5, 0.6) is 0 Å². The number of hydrogen-bond acceptors (Lipinski definition) is 3. The standard InChI is InChI=1S/C12H11NO4/c14-11-10-5-9(17-10)6-13(11)8-3-1-7(2-4-8)12(15)16/h1-4,9-10H,5-6H2,(H,15,16). The molecule has 2 bridgehead atoms. The van der Waals surface area contributed by atoms with Crippen molar-refractivity contribution in [2.75, 3.05) is 11.4 Å². The minimum Gasteiger partial charge on any atom is -0.478 e. The van der Waals surface area contributed by atoms with E-state index in [4.69, 9.17) is 9.84 Å². The summed E-state index contributed by atoms with van der Waals surface area (Å²) in [4.78, 5) is 24.2. The summed E-state index contributed by atoms with van der Waals surface area (Å²) < 4.78 is 5.32. The SMILES string of the molecule is O=C(O)c1ccc(N2CC3CC(O3)C2=O)cc1. The summed E-state index contributed by atoms with van der Waals surface area (Å²) in [5, 5.41) is 8.79. The van der Waals surface area contributed by atoms with E-state index in [1.807, 2.05) is 0 Å². The Kier molecular flexibility index (Phi) is 2.16. The molecule has 4 rings (SSSR count). The van der Waals surface area contributed by atoms with E-state index < -0.39 is 5.97 Å². The Morgan fingerprint density at radius 2 is 2.00 bits per heavy atom. The first-order valence-electron chi connectivity index (χ1n) is 5.45. The molecule has 5 nitrogen and oxygen atoms in total. The van der Waals surface area contributed by atoms with Crippen molar-refractivity contribution in [3.05, 3.63) is 29.8 Å². The Morgan fingerprint density at radius 1 is 1.35 bits per heavy atom. The molecule has 3 heterocycles. The van der Waals surface area contributed by atoms with Crippen LogP contribution in [0.25, 0.3) is 0 Å². The van der Waals surface area contributed by atoms with Crippen molar-refractivity contribution in [2.45, 2.75) is 18.6 Å². The molecule has 0 saturated carbocycles. The van der Waals surface area contributed by atoms with E-state index in [-0.39, 0.29) is 23.7 Å². The molecule has 0 aliphatic carbocycles. The van der Waals surface area contributed by atoms with Crippen LogP contribution in [0.4, 0.5) is 5.69 Å². The highest BCUT2D eigenvalue weighted by Gasteiger charge is 2.45. The lowest BCUT2D eigenvalue weighted by Gasteiger charge is -2.45. The molecule has 1 amide bonds. The van der Waals surface area contributed by atoms with Gasteiger partial charge in [-0.25, -0.2) is 4.79 Å². The van der Waals surface area contributed by atoms with Gasteiger partial charge in [0.05, 0.1) is 18.2 Å². The maximum Gasteiger partial charge on any atom is 0.335 e.